The summed E-state index contributed by atoms with van der Waals surface area (Å²) in [6, 6.07) is 0.253. The van der Waals surface area contributed by atoms with Gasteiger partial charge in [0.2, 0.25) is 11.8 Å². The second kappa shape index (κ2) is 5.49. The molecule has 1 aliphatic carbocycles. The molecule has 2 aliphatic rings. The summed E-state index contributed by atoms with van der Waals surface area (Å²) in [7, 11) is 0. The summed E-state index contributed by atoms with van der Waals surface area (Å²) < 4.78 is 0. The first-order chi connectivity index (χ1) is 8.20. The van der Waals surface area contributed by atoms with Gasteiger partial charge < -0.3 is 16.0 Å². The van der Waals surface area contributed by atoms with E-state index in [9.17, 15) is 9.59 Å². The fourth-order valence-electron chi connectivity index (χ4n) is 2.73. The normalized spacial score (nSPS) is 32.5. The molecule has 2 rings (SSSR count). The molecule has 0 aromatic rings. The van der Waals surface area contributed by atoms with E-state index in [0.29, 0.717) is 12.6 Å². The molecular weight excluding hydrogens is 218 g/mol. The SMILES string of the molecule is CCNC(=O)C[C@@H]1N[C@H]2CCCC[C@@H]2NC1=O. The summed E-state index contributed by atoms with van der Waals surface area (Å²) >= 11 is 0. The second-order valence-electron chi connectivity index (χ2n) is 4.88. The van der Waals surface area contributed by atoms with Crippen molar-refractivity contribution in [1.82, 2.24) is 16.0 Å². The molecule has 5 nitrogen and oxygen atoms in total. The van der Waals surface area contributed by atoms with Gasteiger partial charge >= 0.3 is 0 Å². The van der Waals surface area contributed by atoms with E-state index in [1.807, 2.05) is 6.92 Å². The number of carbonyl (C=O) groups excluding carboxylic acids is 2. The van der Waals surface area contributed by atoms with Crippen molar-refractivity contribution < 1.29 is 9.59 Å². The highest BCUT2D eigenvalue weighted by Crippen LogP contribution is 2.22. The van der Waals surface area contributed by atoms with E-state index < -0.39 is 0 Å². The van der Waals surface area contributed by atoms with Gasteiger partial charge in [-0.05, 0) is 19.8 Å². The van der Waals surface area contributed by atoms with Gasteiger partial charge in [-0.15, -0.1) is 0 Å². The van der Waals surface area contributed by atoms with Crippen molar-refractivity contribution in [3.63, 3.8) is 0 Å². The van der Waals surface area contributed by atoms with Crippen LogP contribution in [0.3, 0.4) is 0 Å². The average molecular weight is 239 g/mol. The minimum Gasteiger partial charge on any atom is -0.356 e. The fraction of sp³-hybridized carbons (Fsp3) is 0.833. The lowest BCUT2D eigenvalue weighted by Gasteiger charge is -2.40. The van der Waals surface area contributed by atoms with Gasteiger partial charge in [-0.25, -0.2) is 0 Å². The molecule has 3 N–H and O–H groups in total. The van der Waals surface area contributed by atoms with E-state index >= 15 is 0 Å². The summed E-state index contributed by atoms with van der Waals surface area (Å²) in [4.78, 5) is 23.3. The molecule has 96 valence electrons. The number of amides is 2. The number of hydrogen-bond acceptors (Lipinski definition) is 3. The van der Waals surface area contributed by atoms with Crippen molar-refractivity contribution in [2.45, 2.75) is 57.2 Å². The van der Waals surface area contributed by atoms with Crippen LogP contribution < -0.4 is 16.0 Å². The molecule has 2 fully saturated rings. The third-order valence-electron chi connectivity index (χ3n) is 3.59. The standard InChI is InChI=1S/C12H21N3O2/c1-2-13-11(16)7-10-12(17)15-9-6-4-3-5-8(9)14-10/h8-10,14H,2-7H2,1H3,(H,13,16)(H,15,17)/t8-,9-,10-/m0/s1. The van der Waals surface area contributed by atoms with Crippen molar-refractivity contribution in [3.05, 3.63) is 0 Å². The van der Waals surface area contributed by atoms with Crippen LogP contribution in [0, 0.1) is 0 Å². The highest BCUT2D eigenvalue weighted by Gasteiger charge is 2.36. The lowest BCUT2D eigenvalue weighted by molar-refractivity contribution is -0.131. The van der Waals surface area contributed by atoms with Crippen LogP contribution in [0.2, 0.25) is 0 Å². The molecule has 5 heteroatoms. The zero-order valence-corrected chi connectivity index (χ0v) is 10.3. The Morgan fingerprint density at radius 3 is 2.76 bits per heavy atom. The molecule has 0 radical (unpaired) electrons. The third kappa shape index (κ3) is 2.97. The molecule has 2 amide bonds. The number of rotatable bonds is 3. The van der Waals surface area contributed by atoms with Gasteiger partial charge in [-0.2, -0.15) is 0 Å². The third-order valence-corrected chi connectivity index (χ3v) is 3.59. The maximum absolute atomic E-state index is 11.8. The predicted octanol–water partition coefficient (Wildman–Crippen LogP) is -0.0882. The van der Waals surface area contributed by atoms with Gasteiger partial charge in [0.05, 0.1) is 12.5 Å². The maximum Gasteiger partial charge on any atom is 0.237 e. The summed E-state index contributed by atoms with van der Waals surface area (Å²) in [5.41, 5.74) is 0. The maximum atomic E-state index is 11.8. The largest absolute Gasteiger partial charge is 0.356 e. The number of hydrogen-bond donors (Lipinski definition) is 3. The van der Waals surface area contributed by atoms with Crippen LogP contribution in [0.5, 0.6) is 0 Å². The second-order valence-corrected chi connectivity index (χ2v) is 4.88. The molecule has 0 unspecified atom stereocenters. The summed E-state index contributed by atoms with van der Waals surface area (Å²) in [6.45, 7) is 2.49. The Hall–Kier alpha value is -1.10. The molecule has 3 atom stereocenters. The monoisotopic (exact) mass is 239 g/mol. The van der Waals surface area contributed by atoms with Gasteiger partial charge in [0, 0.05) is 18.6 Å². The van der Waals surface area contributed by atoms with Gasteiger partial charge in [-0.1, -0.05) is 12.8 Å². The molecule has 1 heterocycles. The molecule has 0 aromatic carbocycles. The Kier molecular flexibility index (Phi) is 3.99. The number of piperazine rings is 1. The summed E-state index contributed by atoms with van der Waals surface area (Å²) in [5, 5.41) is 9.08. The molecule has 1 saturated carbocycles. The lowest BCUT2D eigenvalue weighted by Crippen LogP contribution is -2.65. The Bertz CT molecular complexity index is 306. The molecular formula is C12H21N3O2. The molecule has 17 heavy (non-hydrogen) atoms. The average Bonchev–Trinajstić information content (AvgIpc) is 2.30. The molecule has 0 spiro atoms. The van der Waals surface area contributed by atoms with E-state index in [1.54, 1.807) is 0 Å². The Morgan fingerprint density at radius 1 is 1.35 bits per heavy atom. The van der Waals surface area contributed by atoms with E-state index in [4.69, 9.17) is 0 Å². The zero-order chi connectivity index (χ0) is 12.3. The van der Waals surface area contributed by atoms with Crippen LogP contribution in [0.4, 0.5) is 0 Å². The summed E-state index contributed by atoms with van der Waals surface area (Å²) in [6.07, 6.45) is 4.78. The van der Waals surface area contributed by atoms with Crippen LogP contribution in [0.15, 0.2) is 0 Å². The first-order valence-electron chi connectivity index (χ1n) is 6.54. The number of fused-ring (bicyclic) bond motifs is 1. The minimum atomic E-state index is -0.360. The van der Waals surface area contributed by atoms with E-state index in [-0.39, 0.29) is 30.3 Å². The fourth-order valence-corrected chi connectivity index (χ4v) is 2.73. The van der Waals surface area contributed by atoms with Crippen LogP contribution in [0.25, 0.3) is 0 Å². The zero-order valence-electron chi connectivity index (χ0n) is 10.3. The topological polar surface area (TPSA) is 70.2 Å². The van der Waals surface area contributed by atoms with Crippen molar-refractivity contribution in [1.29, 1.82) is 0 Å². The summed E-state index contributed by atoms with van der Waals surface area (Å²) in [5.74, 6) is -0.0891. The molecule has 1 saturated heterocycles. The first kappa shape index (κ1) is 12.4. The van der Waals surface area contributed by atoms with E-state index in [2.05, 4.69) is 16.0 Å². The van der Waals surface area contributed by atoms with Crippen molar-refractivity contribution in [2.75, 3.05) is 6.54 Å². The van der Waals surface area contributed by atoms with Gasteiger partial charge in [0.15, 0.2) is 0 Å². The van der Waals surface area contributed by atoms with Crippen molar-refractivity contribution in [3.8, 4) is 0 Å². The van der Waals surface area contributed by atoms with Gasteiger partial charge in [-0.3, -0.25) is 9.59 Å². The molecule has 0 bridgehead atoms. The van der Waals surface area contributed by atoms with Crippen LogP contribution in [-0.2, 0) is 9.59 Å². The van der Waals surface area contributed by atoms with E-state index in [1.165, 1.54) is 12.8 Å². The minimum absolute atomic E-state index is 0.0283. The van der Waals surface area contributed by atoms with Crippen molar-refractivity contribution >= 4 is 11.8 Å². The van der Waals surface area contributed by atoms with Crippen LogP contribution in [0.1, 0.15) is 39.0 Å². The van der Waals surface area contributed by atoms with Crippen LogP contribution >= 0.6 is 0 Å². The Labute approximate surface area is 102 Å². The lowest BCUT2D eigenvalue weighted by atomic mass is 9.87. The molecule has 1 aliphatic heterocycles. The smallest absolute Gasteiger partial charge is 0.237 e. The number of carbonyl (C=O) groups is 2. The predicted molar refractivity (Wildman–Crippen MR) is 64.4 cm³/mol. The Morgan fingerprint density at radius 2 is 2.06 bits per heavy atom. The number of nitrogens with one attached hydrogen (secondary N) is 3. The highest BCUT2D eigenvalue weighted by atomic mass is 16.2. The Balaban J connectivity index is 1.90. The van der Waals surface area contributed by atoms with E-state index in [0.717, 1.165) is 12.8 Å². The quantitative estimate of drug-likeness (QED) is 0.645. The van der Waals surface area contributed by atoms with Gasteiger partial charge in [0.25, 0.3) is 0 Å². The molecule has 0 aromatic heterocycles. The highest BCUT2D eigenvalue weighted by molar-refractivity contribution is 5.89. The van der Waals surface area contributed by atoms with Crippen LogP contribution in [-0.4, -0.2) is 36.5 Å². The first-order valence-corrected chi connectivity index (χ1v) is 6.54. The van der Waals surface area contributed by atoms with Crippen molar-refractivity contribution in [2.24, 2.45) is 0 Å². The van der Waals surface area contributed by atoms with Gasteiger partial charge in [0.1, 0.15) is 0 Å².